The number of nitrogens with two attached hydrogens (primary N) is 1. The predicted octanol–water partition coefficient (Wildman–Crippen LogP) is 1.54. The van der Waals surface area contributed by atoms with E-state index in [9.17, 15) is 8.78 Å². The van der Waals surface area contributed by atoms with E-state index in [4.69, 9.17) is 5.73 Å². The summed E-state index contributed by atoms with van der Waals surface area (Å²) in [5.41, 5.74) is 5.69. The van der Waals surface area contributed by atoms with Crippen LogP contribution in [0, 0.1) is 0 Å². The summed E-state index contributed by atoms with van der Waals surface area (Å²) in [7, 11) is 0. The van der Waals surface area contributed by atoms with Crippen molar-refractivity contribution in [2.75, 3.05) is 0 Å². The van der Waals surface area contributed by atoms with Gasteiger partial charge in [-0.3, -0.25) is 0 Å². The molecule has 0 aliphatic rings. The van der Waals surface area contributed by atoms with E-state index in [-0.39, 0.29) is 11.6 Å². The second kappa shape index (κ2) is 3.03. The van der Waals surface area contributed by atoms with Crippen LogP contribution in [0.25, 0.3) is 0 Å². The molecule has 0 aliphatic carbocycles. The lowest BCUT2D eigenvalue weighted by Gasteiger charge is -1.88. The van der Waals surface area contributed by atoms with Gasteiger partial charge in [0, 0.05) is 11.9 Å². The summed E-state index contributed by atoms with van der Waals surface area (Å²) in [6.07, 6.45) is -2.47. The first-order chi connectivity index (χ1) is 4.74. The molecule has 56 valence electrons. The Morgan fingerprint density at radius 1 is 1.70 bits per heavy atom. The Bertz CT molecular complexity index is 211. The minimum Gasteiger partial charge on any atom is -0.325 e. The first-order valence-electron chi connectivity index (χ1n) is 2.66. The van der Waals surface area contributed by atoms with E-state index in [2.05, 4.69) is 4.98 Å². The second-order valence-electron chi connectivity index (χ2n) is 1.68. The molecule has 0 aromatic carbocycles. The lowest BCUT2D eigenvalue weighted by Crippen LogP contribution is -1.96. The molecule has 2 nitrogen and oxygen atoms in total. The molecule has 0 unspecified atom stereocenters. The topological polar surface area (TPSA) is 38.9 Å². The summed E-state index contributed by atoms with van der Waals surface area (Å²) >= 11 is 0.941. The first-order valence-corrected chi connectivity index (χ1v) is 3.54. The van der Waals surface area contributed by atoms with Crippen molar-refractivity contribution in [1.82, 2.24) is 4.98 Å². The molecule has 1 heterocycles. The molecular formula is C5H6F2N2S. The summed E-state index contributed by atoms with van der Waals surface area (Å²) in [5, 5.41) is 1.39. The molecule has 1 aromatic heterocycles. The van der Waals surface area contributed by atoms with Crippen LogP contribution in [-0.2, 0) is 6.54 Å². The van der Waals surface area contributed by atoms with Crippen molar-refractivity contribution in [3.05, 3.63) is 16.1 Å². The zero-order valence-electron chi connectivity index (χ0n) is 5.05. The van der Waals surface area contributed by atoms with E-state index in [0.717, 1.165) is 11.3 Å². The maximum atomic E-state index is 11.8. The van der Waals surface area contributed by atoms with Gasteiger partial charge in [0.05, 0.1) is 5.69 Å². The Balaban J connectivity index is 2.78. The molecule has 0 fully saturated rings. The monoisotopic (exact) mass is 164 g/mol. The van der Waals surface area contributed by atoms with Crippen LogP contribution in [0.15, 0.2) is 5.38 Å². The maximum absolute atomic E-state index is 11.8. The zero-order valence-corrected chi connectivity index (χ0v) is 5.87. The molecule has 0 spiro atoms. The van der Waals surface area contributed by atoms with Gasteiger partial charge >= 0.3 is 0 Å². The van der Waals surface area contributed by atoms with Crippen LogP contribution in [0.2, 0.25) is 0 Å². The Kier molecular flexibility index (Phi) is 2.29. The smallest absolute Gasteiger partial charge is 0.289 e. The van der Waals surface area contributed by atoms with E-state index in [1.165, 1.54) is 0 Å². The average Bonchev–Trinajstić information content (AvgIpc) is 2.34. The fraction of sp³-hybridized carbons (Fsp3) is 0.400. The molecule has 0 aliphatic heterocycles. The minimum atomic E-state index is -2.47. The second-order valence-corrected chi connectivity index (χ2v) is 2.57. The number of nitrogens with zero attached hydrogens (tertiary/aromatic N) is 1. The molecule has 0 atom stereocenters. The van der Waals surface area contributed by atoms with Crippen LogP contribution in [-0.4, -0.2) is 4.98 Å². The van der Waals surface area contributed by atoms with E-state index >= 15 is 0 Å². The first kappa shape index (κ1) is 7.56. The molecule has 0 radical (unpaired) electrons. The van der Waals surface area contributed by atoms with Crippen molar-refractivity contribution in [3.8, 4) is 0 Å². The van der Waals surface area contributed by atoms with Gasteiger partial charge in [0.1, 0.15) is 0 Å². The molecule has 1 rings (SSSR count). The highest BCUT2D eigenvalue weighted by Gasteiger charge is 2.10. The van der Waals surface area contributed by atoms with Crippen molar-refractivity contribution in [2.45, 2.75) is 13.0 Å². The van der Waals surface area contributed by atoms with Crippen molar-refractivity contribution in [3.63, 3.8) is 0 Å². The van der Waals surface area contributed by atoms with Crippen LogP contribution in [0.4, 0.5) is 8.78 Å². The number of rotatable bonds is 2. The standard InChI is InChI=1S/C5H6F2N2S/c6-4(7)5-9-3(1-8)2-10-5/h2,4H,1,8H2. The summed E-state index contributed by atoms with van der Waals surface area (Å²) in [5.74, 6) is 0. The van der Waals surface area contributed by atoms with Gasteiger partial charge in [-0.05, 0) is 0 Å². The van der Waals surface area contributed by atoms with Gasteiger partial charge in [0.25, 0.3) is 6.43 Å². The number of alkyl halides is 2. The third kappa shape index (κ3) is 1.48. The molecule has 0 saturated carbocycles. The van der Waals surface area contributed by atoms with Gasteiger partial charge in [0.2, 0.25) is 0 Å². The third-order valence-electron chi connectivity index (χ3n) is 0.965. The Morgan fingerprint density at radius 2 is 2.40 bits per heavy atom. The van der Waals surface area contributed by atoms with Crippen molar-refractivity contribution >= 4 is 11.3 Å². The van der Waals surface area contributed by atoms with E-state index in [1.807, 2.05) is 0 Å². The Labute approximate surface area is 60.7 Å². The average molecular weight is 164 g/mol. The lowest BCUT2D eigenvalue weighted by atomic mass is 10.5. The van der Waals surface area contributed by atoms with E-state index in [0.29, 0.717) is 5.69 Å². The maximum Gasteiger partial charge on any atom is 0.289 e. The minimum absolute atomic E-state index is 0.152. The van der Waals surface area contributed by atoms with Crippen LogP contribution in [0.5, 0.6) is 0 Å². The number of hydrogen-bond acceptors (Lipinski definition) is 3. The van der Waals surface area contributed by atoms with Gasteiger partial charge in [-0.25, -0.2) is 13.8 Å². The van der Waals surface area contributed by atoms with Crippen LogP contribution in [0.3, 0.4) is 0 Å². The van der Waals surface area contributed by atoms with E-state index < -0.39 is 6.43 Å². The fourth-order valence-electron chi connectivity index (χ4n) is 0.517. The summed E-state index contributed by atoms with van der Waals surface area (Å²) in [6.45, 7) is 0.225. The van der Waals surface area contributed by atoms with Crippen LogP contribution < -0.4 is 5.73 Å². The molecule has 0 saturated heterocycles. The largest absolute Gasteiger partial charge is 0.325 e. The van der Waals surface area contributed by atoms with Crippen molar-refractivity contribution in [1.29, 1.82) is 0 Å². The summed E-state index contributed by atoms with van der Waals surface area (Å²) < 4.78 is 23.6. The molecule has 1 aromatic rings. The number of thiazole rings is 1. The third-order valence-corrected chi connectivity index (χ3v) is 1.87. The lowest BCUT2D eigenvalue weighted by molar-refractivity contribution is 0.150. The number of aromatic nitrogens is 1. The van der Waals surface area contributed by atoms with Crippen molar-refractivity contribution in [2.24, 2.45) is 5.73 Å². The predicted molar refractivity (Wildman–Crippen MR) is 35.0 cm³/mol. The van der Waals surface area contributed by atoms with Gasteiger partial charge in [-0.1, -0.05) is 0 Å². The van der Waals surface area contributed by atoms with Gasteiger partial charge in [0.15, 0.2) is 5.01 Å². The molecule has 2 N–H and O–H groups in total. The summed E-state index contributed by atoms with van der Waals surface area (Å²) in [6, 6.07) is 0. The SMILES string of the molecule is NCc1csc(C(F)F)n1. The van der Waals surface area contributed by atoms with Crippen molar-refractivity contribution < 1.29 is 8.78 Å². The highest BCUT2D eigenvalue weighted by atomic mass is 32.1. The highest BCUT2D eigenvalue weighted by Crippen LogP contribution is 2.21. The zero-order chi connectivity index (χ0) is 7.56. The Hall–Kier alpha value is -0.550. The normalized spacial score (nSPS) is 10.8. The number of hydrogen-bond donors (Lipinski definition) is 1. The van der Waals surface area contributed by atoms with Gasteiger partial charge in [-0.15, -0.1) is 11.3 Å². The van der Waals surface area contributed by atoms with Crippen LogP contribution in [0.1, 0.15) is 17.1 Å². The summed E-state index contributed by atoms with van der Waals surface area (Å²) in [4.78, 5) is 3.57. The quantitative estimate of drug-likeness (QED) is 0.720. The molecule has 10 heavy (non-hydrogen) atoms. The van der Waals surface area contributed by atoms with Gasteiger partial charge < -0.3 is 5.73 Å². The van der Waals surface area contributed by atoms with E-state index in [1.54, 1.807) is 5.38 Å². The molecule has 0 bridgehead atoms. The molecule has 0 amide bonds. The van der Waals surface area contributed by atoms with Gasteiger partial charge in [-0.2, -0.15) is 0 Å². The molecule has 5 heteroatoms. The van der Waals surface area contributed by atoms with Crippen LogP contribution >= 0.6 is 11.3 Å². The molecular weight excluding hydrogens is 158 g/mol. The fourth-order valence-corrected chi connectivity index (χ4v) is 1.20. The Morgan fingerprint density at radius 3 is 2.70 bits per heavy atom. The highest BCUT2D eigenvalue weighted by molar-refractivity contribution is 7.09. The number of halogens is 2.